The molecule has 0 spiro atoms. The number of aromatic nitrogens is 5. The van der Waals surface area contributed by atoms with Gasteiger partial charge >= 0.3 is 5.97 Å². The monoisotopic (exact) mass is 718 g/mol. The smallest absolute Gasteiger partial charge is 0.340 e. The average Bonchev–Trinajstić information content (AvgIpc) is 3.98. The van der Waals surface area contributed by atoms with Gasteiger partial charge in [-0.15, -0.1) is 5.10 Å². The molecule has 53 heavy (non-hydrogen) atoms. The Morgan fingerprint density at radius 2 is 2.06 bits per heavy atom. The lowest BCUT2D eigenvalue weighted by atomic mass is 9.52. The number of hydrogen-bond acceptors (Lipinski definition) is 8. The molecule has 4 aliphatic rings. The summed E-state index contributed by atoms with van der Waals surface area (Å²) in [6, 6.07) is 9.85. The zero-order valence-corrected chi connectivity index (χ0v) is 31.1. The number of benzene rings is 1. The molecular weight excluding hydrogens is 668 g/mol. The number of rotatable bonds is 11. The third-order valence-corrected chi connectivity index (χ3v) is 12.8. The Balaban J connectivity index is 0.868. The van der Waals surface area contributed by atoms with Crippen LogP contribution in [0.4, 0.5) is 0 Å². The molecule has 8 rings (SSSR count). The summed E-state index contributed by atoms with van der Waals surface area (Å²) in [5, 5.41) is 30.1. The van der Waals surface area contributed by atoms with E-state index in [-0.39, 0.29) is 24.1 Å². The number of H-pyrrole nitrogens is 2. The number of aromatic hydroxyl groups is 1. The average molecular weight is 719 g/mol. The number of nitrogens with one attached hydrogen (secondary N) is 2. The molecule has 3 aromatic heterocycles. The third kappa shape index (κ3) is 6.53. The van der Waals surface area contributed by atoms with Crippen LogP contribution in [0, 0.1) is 37.0 Å². The first-order valence-electron chi connectivity index (χ1n) is 19.1. The van der Waals surface area contributed by atoms with Crippen LogP contribution in [-0.4, -0.2) is 66.7 Å². The number of hydrogen-bond donors (Lipinski definition) is 4. The van der Waals surface area contributed by atoms with E-state index in [1.54, 1.807) is 11.8 Å². The fourth-order valence-electron chi connectivity index (χ4n) is 10.1. The summed E-state index contributed by atoms with van der Waals surface area (Å²) in [6.45, 7) is 6.67. The highest BCUT2D eigenvalue weighted by Gasteiger charge is 2.56. The van der Waals surface area contributed by atoms with E-state index in [4.69, 9.17) is 14.5 Å². The van der Waals surface area contributed by atoms with Crippen LogP contribution in [0.15, 0.2) is 65.3 Å². The third-order valence-electron chi connectivity index (χ3n) is 12.8. The van der Waals surface area contributed by atoms with Gasteiger partial charge in [0.05, 0.1) is 42.4 Å². The molecule has 11 heteroatoms. The van der Waals surface area contributed by atoms with E-state index in [1.165, 1.54) is 11.1 Å². The molecule has 3 aliphatic carbocycles. The highest BCUT2D eigenvalue weighted by molar-refractivity contribution is 6.11. The van der Waals surface area contributed by atoms with Crippen molar-refractivity contribution in [3.05, 3.63) is 105 Å². The number of aromatic amines is 2. The quantitative estimate of drug-likeness (QED) is 0.123. The van der Waals surface area contributed by atoms with E-state index < -0.39 is 0 Å². The van der Waals surface area contributed by atoms with Gasteiger partial charge in [0.1, 0.15) is 23.8 Å². The summed E-state index contributed by atoms with van der Waals surface area (Å²) in [7, 11) is 1.62. The van der Waals surface area contributed by atoms with Crippen molar-refractivity contribution in [3.63, 3.8) is 0 Å². The zero-order chi connectivity index (χ0) is 36.9. The van der Waals surface area contributed by atoms with E-state index >= 15 is 0 Å². The predicted molar refractivity (Wildman–Crippen MR) is 202 cm³/mol. The lowest BCUT2D eigenvalue weighted by molar-refractivity contribution is -0.0395. The number of nitrogens with zero attached hydrogens (tertiary/aromatic N) is 4. The number of ether oxygens (including phenoxy) is 2. The van der Waals surface area contributed by atoms with Gasteiger partial charge in [-0.05, 0) is 141 Å². The topological polar surface area (TPSA) is 151 Å². The number of fused-ring (bicyclic) bond motifs is 5. The van der Waals surface area contributed by atoms with Crippen molar-refractivity contribution in [2.24, 2.45) is 28.2 Å². The van der Waals surface area contributed by atoms with Gasteiger partial charge in [0.25, 0.3) is 0 Å². The van der Waals surface area contributed by atoms with Gasteiger partial charge < -0.3 is 29.7 Å². The second-order valence-corrected chi connectivity index (χ2v) is 15.8. The van der Waals surface area contributed by atoms with Gasteiger partial charge in [-0.25, -0.2) is 14.5 Å². The molecule has 2 saturated carbocycles. The number of esters is 1. The number of allylic oxidation sites excluding steroid dienone is 1. The minimum atomic E-state index is -0.389. The number of carbonyl (C=O) groups excluding carboxylic acids is 1. The van der Waals surface area contributed by atoms with Crippen LogP contribution in [-0.2, 0) is 28.9 Å². The molecule has 278 valence electrons. The highest BCUT2D eigenvalue weighted by atomic mass is 16.5. The minimum Gasteiger partial charge on any atom is -0.508 e. The van der Waals surface area contributed by atoms with Gasteiger partial charge in [-0.3, -0.25) is 0 Å². The van der Waals surface area contributed by atoms with E-state index in [0.717, 1.165) is 85.4 Å². The first kappa shape index (κ1) is 35.1. The normalized spacial score (nSPS) is 26.9. The second kappa shape index (κ2) is 14.2. The summed E-state index contributed by atoms with van der Waals surface area (Å²) in [4.78, 5) is 24.5. The van der Waals surface area contributed by atoms with E-state index in [2.05, 4.69) is 33.3 Å². The summed E-state index contributed by atoms with van der Waals surface area (Å²) >= 11 is 0. The molecule has 6 atom stereocenters. The minimum absolute atomic E-state index is 0.00200. The van der Waals surface area contributed by atoms with Gasteiger partial charge in [0, 0.05) is 29.9 Å². The molecule has 0 radical (unpaired) electrons. The molecule has 1 aliphatic heterocycles. The Bertz CT molecular complexity index is 2090. The van der Waals surface area contributed by atoms with Crippen molar-refractivity contribution in [2.75, 3.05) is 13.7 Å². The van der Waals surface area contributed by atoms with E-state index in [9.17, 15) is 15.0 Å². The maximum absolute atomic E-state index is 13.3. The summed E-state index contributed by atoms with van der Waals surface area (Å²) in [6.07, 6.45) is 15.4. The van der Waals surface area contributed by atoms with Crippen molar-refractivity contribution < 1.29 is 24.5 Å². The van der Waals surface area contributed by atoms with Gasteiger partial charge in [0.15, 0.2) is 0 Å². The number of aliphatic hydroxyl groups is 1. The number of phenols is 1. The lowest BCUT2D eigenvalue weighted by Gasteiger charge is -2.53. The van der Waals surface area contributed by atoms with Crippen LogP contribution in [0.5, 0.6) is 5.75 Å². The van der Waals surface area contributed by atoms with Crippen molar-refractivity contribution >= 4 is 17.8 Å². The Labute approximate surface area is 310 Å². The predicted octanol–water partition coefficient (Wildman–Crippen LogP) is 6.95. The number of methoxy groups -OCH3 is 1. The van der Waals surface area contributed by atoms with Crippen molar-refractivity contribution in [2.45, 2.75) is 90.7 Å². The van der Waals surface area contributed by atoms with Crippen LogP contribution in [0.2, 0.25) is 0 Å². The van der Waals surface area contributed by atoms with Crippen molar-refractivity contribution in [1.29, 1.82) is 0 Å². The van der Waals surface area contributed by atoms with Crippen LogP contribution in [0.3, 0.4) is 0 Å². The molecule has 1 aromatic carbocycles. The maximum atomic E-state index is 13.3. The first-order valence-corrected chi connectivity index (χ1v) is 19.1. The zero-order valence-electron chi connectivity index (χ0n) is 31.1. The number of aliphatic imine (C=N–C) groups is 1. The molecular formula is C42H50N6O5. The molecule has 2 fully saturated rings. The highest BCUT2D eigenvalue weighted by Crippen LogP contribution is 2.62. The SMILES string of the molecule is COC1=CC(c2ccc[nH]2)=N/C1=C\c1[nH]c(C)c(C(=O)OCCn2cc(CCC[C@@H]3Cc4cc(O)ccc4C4CC[C@]5(C)[C@@H](O)CC[C@H]5C43)nn2)c1C. The number of phenolic OH excluding ortho intramolecular Hbond substituents is 1. The molecule has 2 unspecified atom stereocenters. The van der Waals surface area contributed by atoms with Crippen LogP contribution >= 0.6 is 0 Å². The van der Waals surface area contributed by atoms with E-state index in [0.29, 0.717) is 53.0 Å². The summed E-state index contributed by atoms with van der Waals surface area (Å²) in [5.74, 6) is 2.67. The van der Waals surface area contributed by atoms with Crippen LogP contribution in [0.25, 0.3) is 6.08 Å². The molecule has 11 nitrogen and oxygen atoms in total. The largest absolute Gasteiger partial charge is 0.508 e. The fraction of sp³-hybridized carbons (Fsp3) is 0.476. The Hall–Kier alpha value is -4.90. The number of aliphatic hydroxyl groups excluding tert-OH is 1. The number of carbonyl (C=O) groups is 1. The standard InChI is InChI=1S/C42H50N6O5/c1-24-34(21-36-37(52-4)22-35(45-36)33-9-6-16-43-33)44-25(2)39(24)41(51)53-18-17-48-23-28(46-47-48)8-5-7-26-19-27-20-29(49)10-11-30(27)31-14-15-42(3)32(40(26)31)12-13-38(42)50/h6,9-11,16,20-23,26,31-32,38,40,43-44,49-50H,5,7-8,12-15,17-19H2,1-4H3/b36-21-/t26-,31?,32+,38+,40?,42+/m1/s1. The molecule has 0 bridgehead atoms. The van der Waals surface area contributed by atoms with Gasteiger partial charge in [-0.2, -0.15) is 0 Å². The molecule has 4 N–H and O–H groups in total. The Morgan fingerprint density at radius 1 is 1.19 bits per heavy atom. The Morgan fingerprint density at radius 3 is 2.87 bits per heavy atom. The maximum Gasteiger partial charge on any atom is 0.340 e. The Kier molecular flexibility index (Phi) is 9.39. The number of aryl methyl sites for hydroxylation is 2. The summed E-state index contributed by atoms with van der Waals surface area (Å²) < 4.78 is 13.0. The molecule has 4 heterocycles. The molecule has 0 saturated heterocycles. The van der Waals surface area contributed by atoms with Crippen molar-refractivity contribution in [1.82, 2.24) is 25.0 Å². The first-order chi connectivity index (χ1) is 25.6. The van der Waals surface area contributed by atoms with Crippen molar-refractivity contribution in [3.8, 4) is 5.75 Å². The van der Waals surface area contributed by atoms with Gasteiger partial charge in [0.2, 0.25) is 0 Å². The summed E-state index contributed by atoms with van der Waals surface area (Å²) in [5.41, 5.74) is 8.78. The molecule has 0 amide bonds. The van der Waals surface area contributed by atoms with Gasteiger partial charge in [-0.1, -0.05) is 18.2 Å². The van der Waals surface area contributed by atoms with Crippen LogP contribution in [0.1, 0.15) is 101 Å². The molecule has 4 aromatic rings. The van der Waals surface area contributed by atoms with Crippen LogP contribution < -0.4 is 0 Å². The second-order valence-electron chi connectivity index (χ2n) is 15.8. The lowest BCUT2D eigenvalue weighted by Crippen LogP contribution is -2.47. The fourth-order valence-corrected chi connectivity index (χ4v) is 10.1. The van der Waals surface area contributed by atoms with E-state index in [1.807, 2.05) is 62.7 Å².